The van der Waals surface area contributed by atoms with Crippen molar-refractivity contribution >= 4 is 34.8 Å². The first-order chi connectivity index (χ1) is 14.1. The maximum absolute atomic E-state index is 13.6. The molecule has 1 atom stereocenters. The van der Waals surface area contributed by atoms with Crippen molar-refractivity contribution in [2.45, 2.75) is 6.04 Å². The highest BCUT2D eigenvalue weighted by Crippen LogP contribution is 2.37. The zero-order valence-electron chi connectivity index (χ0n) is 15.8. The lowest BCUT2D eigenvalue weighted by Gasteiger charge is -2.40. The molecule has 0 aliphatic carbocycles. The van der Waals surface area contributed by atoms with Gasteiger partial charge in [0.15, 0.2) is 0 Å². The maximum atomic E-state index is 13.6. The molecule has 0 radical (unpaired) electrons. The quantitative estimate of drug-likeness (QED) is 0.642. The molecule has 0 spiro atoms. The SMILES string of the molecule is COc1ccccc1N1CC(=O)N(c2ccc(Cl)cc2)[C@H](c2ccccc2)C1=O. The Balaban J connectivity index is 1.82. The summed E-state index contributed by atoms with van der Waals surface area (Å²) in [5.74, 6) is 0.155. The fourth-order valence-electron chi connectivity index (χ4n) is 3.57. The second-order valence-electron chi connectivity index (χ2n) is 6.65. The van der Waals surface area contributed by atoms with Crippen LogP contribution in [0.5, 0.6) is 5.75 Å². The number of rotatable bonds is 4. The summed E-state index contributed by atoms with van der Waals surface area (Å²) < 4.78 is 5.41. The van der Waals surface area contributed by atoms with E-state index in [1.165, 1.54) is 4.90 Å². The Morgan fingerprint density at radius 1 is 0.897 bits per heavy atom. The summed E-state index contributed by atoms with van der Waals surface area (Å²) in [6.07, 6.45) is 0. The van der Waals surface area contributed by atoms with E-state index in [-0.39, 0.29) is 18.4 Å². The van der Waals surface area contributed by atoms with E-state index in [1.807, 2.05) is 42.5 Å². The summed E-state index contributed by atoms with van der Waals surface area (Å²) in [5.41, 5.74) is 1.94. The van der Waals surface area contributed by atoms with Gasteiger partial charge < -0.3 is 4.74 Å². The van der Waals surface area contributed by atoms with Gasteiger partial charge in [0.1, 0.15) is 18.3 Å². The van der Waals surface area contributed by atoms with Crippen LogP contribution in [-0.4, -0.2) is 25.5 Å². The van der Waals surface area contributed by atoms with Crippen molar-refractivity contribution in [2.24, 2.45) is 0 Å². The molecular formula is C23H19ClN2O3. The van der Waals surface area contributed by atoms with Gasteiger partial charge in [-0.25, -0.2) is 0 Å². The molecule has 2 amide bonds. The Hall–Kier alpha value is -3.31. The van der Waals surface area contributed by atoms with E-state index < -0.39 is 6.04 Å². The monoisotopic (exact) mass is 406 g/mol. The van der Waals surface area contributed by atoms with Crippen LogP contribution in [0.15, 0.2) is 78.9 Å². The number of ether oxygens (including phenoxy) is 1. The van der Waals surface area contributed by atoms with Gasteiger partial charge in [-0.2, -0.15) is 0 Å². The van der Waals surface area contributed by atoms with Gasteiger partial charge in [0.25, 0.3) is 5.91 Å². The smallest absolute Gasteiger partial charge is 0.255 e. The Labute approximate surface area is 174 Å². The molecule has 1 aliphatic rings. The van der Waals surface area contributed by atoms with Crippen molar-refractivity contribution in [3.63, 3.8) is 0 Å². The van der Waals surface area contributed by atoms with Crippen LogP contribution in [0, 0.1) is 0 Å². The van der Waals surface area contributed by atoms with E-state index in [2.05, 4.69) is 0 Å². The van der Waals surface area contributed by atoms with Gasteiger partial charge in [-0.15, -0.1) is 0 Å². The minimum absolute atomic E-state index is 0.0782. The van der Waals surface area contributed by atoms with Crippen LogP contribution < -0.4 is 14.5 Å². The van der Waals surface area contributed by atoms with Crippen LogP contribution in [0.2, 0.25) is 5.02 Å². The number of amides is 2. The van der Waals surface area contributed by atoms with Gasteiger partial charge in [-0.3, -0.25) is 19.4 Å². The highest BCUT2D eigenvalue weighted by molar-refractivity contribution is 6.30. The van der Waals surface area contributed by atoms with Crippen LogP contribution >= 0.6 is 11.6 Å². The van der Waals surface area contributed by atoms with Crippen LogP contribution in [0.3, 0.4) is 0 Å². The molecule has 29 heavy (non-hydrogen) atoms. The second-order valence-corrected chi connectivity index (χ2v) is 7.09. The summed E-state index contributed by atoms with van der Waals surface area (Å²) in [7, 11) is 1.55. The van der Waals surface area contributed by atoms with Gasteiger partial charge in [0, 0.05) is 10.7 Å². The standard InChI is InChI=1S/C23H19ClN2O3/c1-29-20-10-6-5-9-19(20)25-15-21(27)26(18-13-11-17(24)12-14-18)22(23(25)28)16-7-3-2-4-8-16/h2-14,22H,15H2,1H3/t22-/m1/s1. The lowest BCUT2D eigenvalue weighted by Crippen LogP contribution is -2.56. The molecular weight excluding hydrogens is 388 g/mol. The van der Waals surface area contributed by atoms with Crippen LogP contribution in [0.1, 0.15) is 11.6 Å². The summed E-state index contributed by atoms with van der Waals surface area (Å²) in [6, 6.07) is 22.6. The van der Waals surface area contributed by atoms with E-state index in [4.69, 9.17) is 16.3 Å². The Morgan fingerprint density at radius 2 is 1.55 bits per heavy atom. The Morgan fingerprint density at radius 3 is 2.24 bits per heavy atom. The summed E-state index contributed by atoms with van der Waals surface area (Å²) in [6.45, 7) is -0.0782. The molecule has 0 saturated carbocycles. The van der Waals surface area contributed by atoms with Crippen molar-refractivity contribution < 1.29 is 14.3 Å². The van der Waals surface area contributed by atoms with Crippen molar-refractivity contribution in [2.75, 3.05) is 23.5 Å². The number of hydrogen-bond donors (Lipinski definition) is 0. The summed E-state index contributed by atoms with van der Waals surface area (Å²) in [5, 5.41) is 0.566. The largest absolute Gasteiger partial charge is 0.495 e. The fourth-order valence-corrected chi connectivity index (χ4v) is 3.70. The number of benzene rings is 3. The number of carbonyl (C=O) groups excluding carboxylic acids is 2. The van der Waals surface area contributed by atoms with Gasteiger partial charge >= 0.3 is 0 Å². The Bertz CT molecular complexity index is 1040. The minimum atomic E-state index is -0.788. The number of carbonyl (C=O) groups is 2. The third-order valence-electron chi connectivity index (χ3n) is 4.92. The first-order valence-electron chi connectivity index (χ1n) is 9.17. The molecule has 0 aromatic heterocycles. The molecule has 0 N–H and O–H groups in total. The molecule has 1 fully saturated rings. The average molecular weight is 407 g/mol. The number of para-hydroxylation sites is 2. The van der Waals surface area contributed by atoms with Crippen molar-refractivity contribution in [1.82, 2.24) is 0 Å². The highest BCUT2D eigenvalue weighted by atomic mass is 35.5. The number of halogens is 1. The molecule has 3 aromatic rings. The number of nitrogens with zero attached hydrogens (tertiary/aromatic N) is 2. The van der Waals surface area contributed by atoms with Crippen molar-refractivity contribution in [1.29, 1.82) is 0 Å². The average Bonchev–Trinajstić information content (AvgIpc) is 2.76. The van der Waals surface area contributed by atoms with Gasteiger partial charge in [0.05, 0.1) is 12.8 Å². The molecule has 3 aromatic carbocycles. The molecule has 1 saturated heterocycles. The number of anilines is 2. The summed E-state index contributed by atoms with van der Waals surface area (Å²) in [4.78, 5) is 29.9. The molecule has 1 heterocycles. The van der Waals surface area contributed by atoms with Gasteiger partial charge in [-0.1, -0.05) is 54.1 Å². The first-order valence-corrected chi connectivity index (χ1v) is 9.55. The molecule has 6 heteroatoms. The fraction of sp³-hybridized carbons (Fsp3) is 0.130. The zero-order valence-corrected chi connectivity index (χ0v) is 16.5. The lowest BCUT2D eigenvalue weighted by atomic mass is 9.99. The van der Waals surface area contributed by atoms with Crippen molar-refractivity contribution in [3.05, 3.63) is 89.4 Å². The first kappa shape index (κ1) is 19.0. The topological polar surface area (TPSA) is 49.9 Å². The van der Waals surface area contributed by atoms with Crippen LogP contribution in [0.4, 0.5) is 11.4 Å². The van der Waals surface area contributed by atoms with E-state index in [1.54, 1.807) is 48.4 Å². The normalized spacial score (nSPS) is 16.8. The highest BCUT2D eigenvalue weighted by Gasteiger charge is 2.42. The van der Waals surface area contributed by atoms with E-state index in [0.29, 0.717) is 22.1 Å². The molecule has 0 bridgehead atoms. The molecule has 0 unspecified atom stereocenters. The maximum Gasteiger partial charge on any atom is 0.255 e. The van der Waals surface area contributed by atoms with Crippen LogP contribution in [0.25, 0.3) is 0 Å². The number of methoxy groups -OCH3 is 1. The van der Waals surface area contributed by atoms with E-state index in [9.17, 15) is 9.59 Å². The molecule has 146 valence electrons. The van der Waals surface area contributed by atoms with Crippen LogP contribution in [-0.2, 0) is 9.59 Å². The third kappa shape index (κ3) is 3.57. The zero-order chi connectivity index (χ0) is 20.4. The predicted octanol–water partition coefficient (Wildman–Crippen LogP) is 4.47. The van der Waals surface area contributed by atoms with Crippen molar-refractivity contribution in [3.8, 4) is 5.75 Å². The number of piperazine rings is 1. The molecule has 5 nitrogen and oxygen atoms in total. The predicted molar refractivity (Wildman–Crippen MR) is 113 cm³/mol. The van der Waals surface area contributed by atoms with Gasteiger partial charge in [-0.05, 0) is 42.0 Å². The lowest BCUT2D eigenvalue weighted by molar-refractivity contribution is -0.128. The number of hydrogen-bond acceptors (Lipinski definition) is 3. The minimum Gasteiger partial charge on any atom is -0.495 e. The Kier molecular flexibility index (Phi) is 5.23. The second kappa shape index (κ2) is 7.97. The third-order valence-corrected chi connectivity index (χ3v) is 5.17. The summed E-state index contributed by atoms with van der Waals surface area (Å²) >= 11 is 6.01. The van der Waals surface area contributed by atoms with Gasteiger partial charge in [0.2, 0.25) is 5.91 Å². The molecule has 1 aliphatic heterocycles. The van der Waals surface area contributed by atoms with E-state index >= 15 is 0 Å². The molecule has 4 rings (SSSR count). The van der Waals surface area contributed by atoms with E-state index in [0.717, 1.165) is 5.56 Å².